The molecule has 108 valence electrons. The smallest absolute Gasteiger partial charge is 0.137 e. The van der Waals surface area contributed by atoms with E-state index < -0.39 is 0 Å². The molecule has 0 amide bonds. The third-order valence-corrected chi connectivity index (χ3v) is 5.09. The topological polar surface area (TPSA) is 17.1 Å². The van der Waals surface area contributed by atoms with E-state index in [9.17, 15) is 4.79 Å². The van der Waals surface area contributed by atoms with Crippen molar-refractivity contribution in [1.29, 1.82) is 0 Å². The standard InChI is InChI=1S/C19H19BrO/c20-19-11-4-2-7-16(19)13-17(21)12-15-9-5-8-14-6-1-3-10-18(14)15/h1-4,6-7,10-11,15H,5,8-9,12-13H2. The molecule has 0 saturated carbocycles. The SMILES string of the molecule is O=C(Cc1ccccc1Br)CC1CCCc2ccccc21. The molecule has 0 N–H and O–H groups in total. The Balaban J connectivity index is 1.70. The summed E-state index contributed by atoms with van der Waals surface area (Å²) < 4.78 is 1.03. The first kappa shape index (κ1) is 14.5. The number of carbonyl (C=O) groups is 1. The molecule has 21 heavy (non-hydrogen) atoms. The van der Waals surface area contributed by atoms with Gasteiger partial charge in [0.05, 0.1) is 0 Å². The lowest BCUT2D eigenvalue weighted by molar-refractivity contribution is -0.118. The monoisotopic (exact) mass is 342 g/mol. The highest BCUT2D eigenvalue weighted by Crippen LogP contribution is 2.34. The third kappa shape index (κ3) is 3.44. The lowest BCUT2D eigenvalue weighted by atomic mass is 9.80. The van der Waals surface area contributed by atoms with Crippen LogP contribution in [0, 0.1) is 0 Å². The minimum atomic E-state index is 0.337. The summed E-state index contributed by atoms with van der Waals surface area (Å²) in [5, 5.41) is 0. The van der Waals surface area contributed by atoms with E-state index in [0.29, 0.717) is 24.5 Å². The molecular formula is C19H19BrO. The van der Waals surface area contributed by atoms with Gasteiger partial charge < -0.3 is 0 Å². The van der Waals surface area contributed by atoms with Crippen LogP contribution in [0.2, 0.25) is 0 Å². The maximum atomic E-state index is 12.4. The number of carbonyl (C=O) groups excluding carboxylic acids is 1. The molecule has 1 unspecified atom stereocenters. The van der Waals surface area contributed by atoms with Gasteiger partial charge in [-0.2, -0.15) is 0 Å². The molecule has 1 nitrogen and oxygen atoms in total. The van der Waals surface area contributed by atoms with Crippen LogP contribution in [0.25, 0.3) is 0 Å². The Morgan fingerprint density at radius 2 is 1.86 bits per heavy atom. The van der Waals surface area contributed by atoms with Crippen molar-refractivity contribution in [1.82, 2.24) is 0 Å². The third-order valence-electron chi connectivity index (χ3n) is 4.31. The number of hydrogen-bond acceptors (Lipinski definition) is 1. The van der Waals surface area contributed by atoms with E-state index in [1.54, 1.807) is 0 Å². The minimum Gasteiger partial charge on any atom is -0.299 e. The van der Waals surface area contributed by atoms with E-state index in [4.69, 9.17) is 0 Å². The molecule has 1 aliphatic rings. The van der Waals surface area contributed by atoms with Crippen LogP contribution in [-0.2, 0) is 17.6 Å². The molecule has 0 aromatic heterocycles. The zero-order chi connectivity index (χ0) is 14.7. The molecule has 2 heteroatoms. The van der Waals surface area contributed by atoms with Crippen molar-refractivity contribution in [3.63, 3.8) is 0 Å². The minimum absolute atomic E-state index is 0.337. The van der Waals surface area contributed by atoms with Gasteiger partial charge in [-0.05, 0) is 47.9 Å². The second-order valence-corrected chi connectivity index (χ2v) is 6.65. The second-order valence-electron chi connectivity index (χ2n) is 5.80. The summed E-state index contributed by atoms with van der Waals surface area (Å²) in [7, 11) is 0. The summed E-state index contributed by atoms with van der Waals surface area (Å²) in [6.45, 7) is 0. The van der Waals surface area contributed by atoms with Gasteiger partial charge in [-0.25, -0.2) is 0 Å². The Morgan fingerprint density at radius 1 is 1.10 bits per heavy atom. The number of halogens is 1. The zero-order valence-corrected chi connectivity index (χ0v) is 13.6. The van der Waals surface area contributed by atoms with Crippen LogP contribution in [0.15, 0.2) is 53.0 Å². The molecule has 1 atom stereocenters. The molecule has 3 rings (SSSR count). The second kappa shape index (κ2) is 6.57. The van der Waals surface area contributed by atoms with Crippen LogP contribution < -0.4 is 0 Å². The summed E-state index contributed by atoms with van der Waals surface area (Å²) in [5.41, 5.74) is 3.92. The van der Waals surface area contributed by atoms with E-state index >= 15 is 0 Å². The summed E-state index contributed by atoms with van der Waals surface area (Å²) in [5.74, 6) is 0.744. The predicted molar refractivity (Wildman–Crippen MR) is 89.6 cm³/mol. The fourth-order valence-corrected chi connectivity index (χ4v) is 3.69. The van der Waals surface area contributed by atoms with Crippen molar-refractivity contribution in [3.8, 4) is 0 Å². The largest absolute Gasteiger partial charge is 0.299 e. The zero-order valence-electron chi connectivity index (χ0n) is 12.0. The van der Waals surface area contributed by atoms with E-state index in [-0.39, 0.29) is 0 Å². The highest BCUT2D eigenvalue weighted by Gasteiger charge is 2.22. The van der Waals surface area contributed by atoms with Crippen molar-refractivity contribution < 1.29 is 4.79 Å². The summed E-state index contributed by atoms with van der Waals surface area (Å²) >= 11 is 3.52. The highest BCUT2D eigenvalue weighted by molar-refractivity contribution is 9.10. The fourth-order valence-electron chi connectivity index (χ4n) is 3.27. The molecule has 0 bridgehead atoms. The summed E-state index contributed by atoms with van der Waals surface area (Å²) in [6.07, 6.45) is 4.69. The van der Waals surface area contributed by atoms with Crippen LogP contribution in [0.3, 0.4) is 0 Å². The van der Waals surface area contributed by atoms with Gasteiger partial charge in [-0.3, -0.25) is 4.79 Å². The number of ketones is 1. The molecule has 2 aromatic rings. The van der Waals surface area contributed by atoms with E-state index in [2.05, 4.69) is 40.2 Å². The average Bonchev–Trinajstić information content (AvgIpc) is 2.50. The van der Waals surface area contributed by atoms with Crippen LogP contribution in [0.4, 0.5) is 0 Å². The Kier molecular flexibility index (Phi) is 4.54. The van der Waals surface area contributed by atoms with Crippen LogP contribution in [0.1, 0.15) is 41.9 Å². The number of benzene rings is 2. The van der Waals surface area contributed by atoms with Gasteiger partial charge in [0.1, 0.15) is 5.78 Å². The summed E-state index contributed by atoms with van der Waals surface area (Å²) in [4.78, 5) is 12.4. The molecule has 0 fully saturated rings. The Morgan fingerprint density at radius 3 is 2.71 bits per heavy atom. The Hall–Kier alpha value is -1.41. The number of hydrogen-bond donors (Lipinski definition) is 0. The molecule has 1 aliphatic carbocycles. The van der Waals surface area contributed by atoms with E-state index in [1.165, 1.54) is 17.5 Å². The first-order chi connectivity index (χ1) is 10.2. The first-order valence-corrected chi connectivity index (χ1v) is 8.36. The Labute approximate surface area is 134 Å². The molecule has 0 heterocycles. The quantitative estimate of drug-likeness (QED) is 0.757. The maximum Gasteiger partial charge on any atom is 0.137 e. The van der Waals surface area contributed by atoms with Crippen molar-refractivity contribution in [2.75, 3.05) is 0 Å². The van der Waals surface area contributed by atoms with Crippen LogP contribution >= 0.6 is 15.9 Å². The predicted octanol–water partition coefficient (Wildman–Crippen LogP) is 5.07. The van der Waals surface area contributed by atoms with Crippen molar-refractivity contribution in [2.45, 2.75) is 38.0 Å². The number of rotatable bonds is 4. The van der Waals surface area contributed by atoms with Crippen molar-refractivity contribution in [2.24, 2.45) is 0 Å². The normalized spacial score (nSPS) is 17.3. The van der Waals surface area contributed by atoms with Gasteiger partial charge in [-0.1, -0.05) is 58.4 Å². The Bertz CT molecular complexity index is 648. The lowest BCUT2D eigenvalue weighted by Crippen LogP contribution is -2.15. The molecule has 0 aliphatic heterocycles. The van der Waals surface area contributed by atoms with Gasteiger partial charge in [0.15, 0.2) is 0 Å². The van der Waals surface area contributed by atoms with Gasteiger partial charge >= 0.3 is 0 Å². The molecule has 0 spiro atoms. The fraction of sp³-hybridized carbons (Fsp3) is 0.316. The van der Waals surface area contributed by atoms with Gasteiger partial charge in [0.25, 0.3) is 0 Å². The van der Waals surface area contributed by atoms with Crippen molar-refractivity contribution in [3.05, 3.63) is 69.7 Å². The first-order valence-electron chi connectivity index (χ1n) is 7.57. The lowest BCUT2D eigenvalue weighted by Gasteiger charge is -2.25. The highest BCUT2D eigenvalue weighted by atomic mass is 79.9. The van der Waals surface area contributed by atoms with E-state index in [1.807, 2.05) is 24.3 Å². The molecular weight excluding hydrogens is 324 g/mol. The molecule has 2 aromatic carbocycles. The molecule has 0 radical (unpaired) electrons. The number of Topliss-reactive ketones (excluding diaryl/α,β-unsaturated/α-hetero) is 1. The van der Waals surface area contributed by atoms with Crippen LogP contribution in [-0.4, -0.2) is 5.78 Å². The molecule has 0 saturated heterocycles. The van der Waals surface area contributed by atoms with Crippen molar-refractivity contribution >= 4 is 21.7 Å². The number of aryl methyl sites for hydroxylation is 1. The van der Waals surface area contributed by atoms with Gasteiger partial charge in [-0.15, -0.1) is 0 Å². The van der Waals surface area contributed by atoms with Crippen LogP contribution in [0.5, 0.6) is 0 Å². The number of fused-ring (bicyclic) bond motifs is 1. The maximum absolute atomic E-state index is 12.4. The summed E-state index contributed by atoms with van der Waals surface area (Å²) in [6, 6.07) is 16.6. The average molecular weight is 343 g/mol. The van der Waals surface area contributed by atoms with E-state index in [0.717, 1.165) is 22.9 Å². The van der Waals surface area contributed by atoms with Gasteiger partial charge in [0, 0.05) is 17.3 Å². The van der Waals surface area contributed by atoms with Gasteiger partial charge in [0.2, 0.25) is 0 Å².